The number of piperazine rings is 1. The van der Waals surface area contributed by atoms with Gasteiger partial charge >= 0.3 is 0 Å². The maximum Gasteiger partial charge on any atom is 0.253 e. The summed E-state index contributed by atoms with van der Waals surface area (Å²) in [6.45, 7) is 7.78. The molecular weight excluding hydrogens is 359 g/mol. The number of nitrogens with zero attached hydrogens (tertiary/aromatic N) is 3. The Bertz CT molecular complexity index is 883. The molecule has 150 valence electrons. The Hall–Kier alpha value is -2.41. The Morgan fingerprint density at radius 1 is 1.00 bits per heavy atom. The summed E-state index contributed by atoms with van der Waals surface area (Å²) in [4.78, 5) is 31.0. The summed E-state index contributed by atoms with van der Waals surface area (Å²) in [6.07, 6.45) is 2.31. The lowest BCUT2D eigenvalue weighted by Crippen LogP contribution is -2.52. The van der Waals surface area contributed by atoms with Gasteiger partial charge in [-0.05, 0) is 50.2 Å². The van der Waals surface area contributed by atoms with E-state index in [1.54, 1.807) is 12.1 Å². The van der Waals surface area contributed by atoms with E-state index in [4.69, 9.17) is 0 Å². The largest absolute Gasteiger partial charge is 0.378 e. The maximum absolute atomic E-state index is 13.1. The third kappa shape index (κ3) is 3.51. The predicted molar refractivity (Wildman–Crippen MR) is 111 cm³/mol. The average molecular weight is 386 g/mol. The topological polar surface area (TPSA) is 55.9 Å². The fourth-order valence-electron chi connectivity index (χ4n) is 4.45. The van der Waals surface area contributed by atoms with Crippen molar-refractivity contribution in [2.75, 3.05) is 60.9 Å². The Balaban J connectivity index is 1.39. The lowest BCUT2D eigenvalue weighted by atomic mass is 10.1. The zero-order chi connectivity index (χ0) is 19.7. The molecule has 1 unspecified atom stereocenters. The van der Waals surface area contributed by atoms with E-state index in [-0.39, 0.29) is 11.2 Å². The van der Waals surface area contributed by atoms with Crippen molar-refractivity contribution < 1.29 is 4.39 Å². The van der Waals surface area contributed by atoms with E-state index >= 15 is 0 Å². The van der Waals surface area contributed by atoms with Crippen molar-refractivity contribution in [1.82, 2.24) is 4.90 Å². The first kappa shape index (κ1) is 18.9. The van der Waals surface area contributed by atoms with Gasteiger partial charge in [0.15, 0.2) is 0 Å². The normalized spacial score (nSPS) is 20.9. The molecule has 28 heavy (non-hydrogen) atoms. The number of benzene rings is 1. The summed E-state index contributed by atoms with van der Waals surface area (Å²) in [5.74, 6) is -0.245. The van der Waals surface area contributed by atoms with Crippen molar-refractivity contribution >= 4 is 17.1 Å². The standard InChI is InChI=1S/C21H27FN4O2/c1-2-24-9-3-4-17(24)14-23-18-19(21(28)20(18)27)26-12-10-25(11-13-26)16-7-5-15(22)6-8-16/h5-8,17,23H,2-4,9-14H2,1H3. The second kappa shape index (κ2) is 7.91. The van der Waals surface area contributed by atoms with E-state index in [2.05, 4.69) is 22.0 Å². The van der Waals surface area contributed by atoms with Gasteiger partial charge in [-0.1, -0.05) is 6.92 Å². The van der Waals surface area contributed by atoms with Crippen molar-refractivity contribution in [2.24, 2.45) is 0 Å². The summed E-state index contributed by atoms with van der Waals surface area (Å²) in [5, 5.41) is 3.27. The van der Waals surface area contributed by atoms with Crippen LogP contribution in [0.3, 0.4) is 0 Å². The van der Waals surface area contributed by atoms with E-state index in [9.17, 15) is 14.0 Å². The molecule has 6 nitrogen and oxygen atoms in total. The molecule has 2 saturated heterocycles. The van der Waals surface area contributed by atoms with Crippen LogP contribution in [0.25, 0.3) is 0 Å². The molecule has 2 aliphatic heterocycles. The van der Waals surface area contributed by atoms with E-state index in [0.717, 1.165) is 38.3 Å². The molecule has 2 fully saturated rings. The first-order chi connectivity index (χ1) is 13.6. The summed E-state index contributed by atoms with van der Waals surface area (Å²) < 4.78 is 13.1. The molecule has 2 aromatic carbocycles. The number of likely N-dealkylation sites (tertiary alicyclic amines) is 1. The molecule has 0 bridgehead atoms. The zero-order valence-electron chi connectivity index (χ0n) is 16.3. The van der Waals surface area contributed by atoms with Crippen LogP contribution in [-0.4, -0.2) is 56.8 Å². The smallest absolute Gasteiger partial charge is 0.253 e. The molecule has 2 aliphatic rings. The summed E-state index contributed by atoms with van der Waals surface area (Å²) in [5.41, 5.74) is 1.24. The van der Waals surface area contributed by atoms with Crippen molar-refractivity contribution in [3.63, 3.8) is 0 Å². The van der Waals surface area contributed by atoms with Gasteiger partial charge in [-0.2, -0.15) is 0 Å². The minimum Gasteiger partial charge on any atom is -0.378 e. The Morgan fingerprint density at radius 3 is 2.36 bits per heavy atom. The van der Waals surface area contributed by atoms with Crippen molar-refractivity contribution in [3.05, 3.63) is 50.5 Å². The SMILES string of the molecule is CCN1CCCC1CNc1c(N2CCN(c3ccc(F)cc3)CC2)c(=O)c1=O. The molecule has 7 heteroatoms. The van der Waals surface area contributed by atoms with Gasteiger partial charge in [-0.3, -0.25) is 14.5 Å². The van der Waals surface area contributed by atoms with Crippen LogP contribution >= 0.6 is 0 Å². The Morgan fingerprint density at radius 2 is 1.68 bits per heavy atom. The first-order valence-corrected chi connectivity index (χ1v) is 10.1. The van der Waals surface area contributed by atoms with Crippen LogP contribution in [-0.2, 0) is 0 Å². The average Bonchev–Trinajstić information content (AvgIpc) is 3.19. The Labute approximate surface area is 164 Å². The fourth-order valence-corrected chi connectivity index (χ4v) is 4.45. The van der Waals surface area contributed by atoms with Crippen LogP contribution in [0.15, 0.2) is 33.9 Å². The molecule has 0 spiro atoms. The first-order valence-electron chi connectivity index (χ1n) is 10.1. The van der Waals surface area contributed by atoms with Crippen molar-refractivity contribution in [2.45, 2.75) is 25.8 Å². The van der Waals surface area contributed by atoms with Crippen molar-refractivity contribution in [3.8, 4) is 0 Å². The minimum absolute atomic E-state index is 0.245. The number of hydrogen-bond acceptors (Lipinski definition) is 6. The van der Waals surface area contributed by atoms with Crippen LogP contribution < -0.4 is 26.0 Å². The molecule has 2 heterocycles. The summed E-state index contributed by atoms with van der Waals surface area (Å²) in [7, 11) is 0. The van der Waals surface area contributed by atoms with Gasteiger partial charge in [-0.25, -0.2) is 4.39 Å². The van der Waals surface area contributed by atoms with Gasteiger partial charge in [0.05, 0.1) is 0 Å². The molecule has 0 aliphatic carbocycles. The fraction of sp³-hybridized carbons (Fsp3) is 0.524. The number of likely N-dealkylation sites (N-methyl/N-ethyl adjacent to an activating group) is 1. The molecule has 0 amide bonds. The van der Waals surface area contributed by atoms with Gasteiger partial charge in [0.25, 0.3) is 10.9 Å². The molecular formula is C21H27FN4O2. The lowest BCUT2D eigenvalue weighted by molar-refractivity contribution is 0.277. The van der Waals surface area contributed by atoms with Crippen molar-refractivity contribution in [1.29, 1.82) is 0 Å². The number of nitrogens with one attached hydrogen (secondary N) is 1. The molecule has 0 saturated carbocycles. The molecule has 1 atom stereocenters. The van der Waals surface area contributed by atoms with Crippen LogP contribution in [0.4, 0.5) is 21.5 Å². The van der Waals surface area contributed by atoms with E-state index in [0.29, 0.717) is 37.1 Å². The number of rotatable bonds is 6. The molecule has 0 radical (unpaired) electrons. The molecule has 0 aromatic heterocycles. The van der Waals surface area contributed by atoms with Gasteiger partial charge in [0.2, 0.25) is 0 Å². The zero-order valence-corrected chi connectivity index (χ0v) is 16.3. The second-order valence-corrected chi connectivity index (χ2v) is 7.64. The van der Waals surface area contributed by atoms with Crippen LogP contribution in [0.2, 0.25) is 0 Å². The highest BCUT2D eigenvalue weighted by Gasteiger charge is 2.30. The van der Waals surface area contributed by atoms with Gasteiger partial charge < -0.3 is 15.1 Å². The predicted octanol–water partition coefficient (Wildman–Crippen LogP) is 1.64. The Kier molecular flexibility index (Phi) is 5.35. The molecule has 1 N–H and O–H groups in total. The van der Waals surface area contributed by atoms with E-state index in [1.807, 2.05) is 4.90 Å². The number of halogens is 1. The van der Waals surface area contributed by atoms with Gasteiger partial charge in [0, 0.05) is 44.5 Å². The highest BCUT2D eigenvalue weighted by Crippen LogP contribution is 2.25. The quantitative estimate of drug-likeness (QED) is 0.762. The van der Waals surface area contributed by atoms with Crippen LogP contribution in [0.1, 0.15) is 19.8 Å². The minimum atomic E-state index is -0.392. The lowest BCUT2D eigenvalue weighted by Gasteiger charge is -2.38. The second-order valence-electron chi connectivity index (χ2n) is 7.64. The third-order valence-electron chi connectivity index (χ3n) is 6.09. The highest BCUT2D eigenvalue weighted by molar-refractivity contribution is 5.75. The third-order valence-corrected chi connectivity index (χ3v) is 6.09. The summed E-state index contributed by atoms with van der Waals surface area (Å²) in [6, 6.07) is 6.90. The number of anilines is 3. The maximum atomic E-state index is 13.1. The van der Waals surface area contributed by atoms with E-state index in [1.165, 1.54) is 18.6 Å². The molecule has 2 aromatic rings. The summed E-state index contributed by atoms with van der Waals surface area (Å²) >= 11 is 0. The van der Waals surface area contributed by atoms with Gasteiger partial charge in [0.1, 0.15) is 17.2 Å². The highest BCUT2D eigenvalue weighted by atomic mass is 19.1. The van der Waals surface area contributed by atoms with Crippen LogP contribution in [0, 0.1) is 5.82 Å². The van der Waals surface area contributed by atoms with Crippen LogP contribution in [0.5, 0.6) is 0 Å². The van der Waals surface area contributed by atoms with Gasteiger partial charge in [-0.15, -0.1) is 0 Å². The molecule has 4 rings (SSSR count). The van der Waals surface area contributed by atoms with E-state index < -0.39 is 5.43 Å². The monoisotopic (exact) mass is 386 g/mol. The number of hydrogen-bond donors (Lipinski definition) is 1.